The molecule has 1 aromatic rings. The van der Waals surface area contributed by atoms with Gasteiger partial charge in [-0.1, -0.05) is 15.9 Å². The number of aromatic hydroxyl groups is 1. The first-order valence-electron chi connectivity index (χ1n) is 4.00. The van der Waals surface area contributed by atoms with Crippen molar-refractivity contribution < 1.29 is 15.1 Å². The molecule has 0 bridgehead atoms. The number of nitrogens with two attached hydrogens (primary N) is 1. The van der Waals surface area contributed by atoms with Gasteiger partial charge in [-0.3, -0.25) is 10.1 Å². The number of hydrogen-bond donors (Lipinski definition) is 3. The van der Waals surface area contributed by atoms with Crippen LogP contribution in [-0.2, 0) is 0 Å². The van der Waals surface area contributed by atoms with Gasteiger partial charge in [0.2, 0.25) is 0 Å². The van der Waals surface area contributed by atoms with E-state index in [-0.39, 0.29) is 5.56 Å². The van der Waals surface area contributed by atoms with Crippen molar-refractivity contribution in [3.63, 3.8) is 0 Å². The highest BCUT2D eigenvalue weighted by Gasteiger charge is 2.21. The molecule has 0 heterocycles. The van der Waals surface area contributed by atoms with Crippen molar-refractivity contribution in [2.24, 2.45) is 5.73 Å². The number of aliphatic hydroxyl groups is 1. The molecule has 82 valence electrons. The number of aliphatic hydroxyl groups excluding tert-OH is 1. The number of halogens is 1. The van der Waals surface area contributed by atoms with Crippen molar-refractivity contribution in [3.05, 3.63) is 32.3 Å². The van der Waals surface area contributed by atoms with Crippen molar-refractivity contribution in [2.45, 2.75) is 6.04 Å². The van der Waals surface area contributed by atoms with E-state index in [1.54, 1.807) is 0 Å². The first kappa shape index (κ1) is 11.9. The molecule has 0 aliphatic heterocycles. The van der Waals surface area contributed by atoms with Crippen LogP contribution in [0.3, 0.4) is 0 Å². The molecule has 7 heteroatoms. The zero-order valence-electron chi connectivity index (χ0n) is 7.55. The van der Waals surface area contributed by atoms with E-state index in [9.17, 15) is 15.2 Å². The van der Waals surface area contributed by atoms with Crippen LogP contribution in [0.25, 0.3) is 0 Å². The summed E-state index contributed by atoms with van der Waals surface area (Å²) in [7, 11) is 0. The van der Waals surface area contributed by atoms with E-state index in [2.05, 4.69) is 15.9 Å². The predicted octanol–water partition coefficient (Wildman–Crippen LogP) is 1.05. The zero-order chi connectivity index (χ0) is 11.6. The summed E-state index contributed by atoms with van der Waals surface area (Å²) in [6.07, 6.45) is 0. The van der Waals surface area contributed by atoms with E-state index in [4.69, 9.17) is 10.8 Å². The van der Waals surface area contributed by atoms with Gasteiger partial charge in [-0.2, -0.15) is 0 Å². The molecule has 0 saturated carbocycles. The van der Waals surface area contributed by atoms with Crippen LogP contribution >= 0.6 is 15.9 Å². The molecule has 0 aliphatic rings. The molecule has 0 amide bonds. The van der Waals surface area contributed by atoms with Gasteiger partial charge in [0.15, 0.2) is 5.75 Å². The number of nitrogens with zero attached hydrogens (tertiary/aromatic N) is 1. The lowest BCUT2D eigenvalue weighted by molar-refractivity contribution is -0.386. The lowest BCUT2D eigenvalue weighted by atomic mass is 10.1. The van der Waals surface area contributed by atoms with Crippen LogP contribution in [-0.4, -0.2) is 21.7 Å². The quantitative estimate of drug-likeness (QED) is 0.565. The van der Waals surface area contributed by atoms with Gasteiger partial charge in [0.1, 0.15) is 0 Å². The Bertz CT molecular complexity index is 396. The molecule has 0 unspecified atom stereocenters. The van der Waals surface area contributed by atoms with Crippen molar-refractivity contribution in [3.8, 4) is 5.75 Å². The maximum Gasteiger partial charge on any atom is 0.312 e. The summed E-state index contributed by atoms with van der Waals surface area (Å²) in [5.41, 5.74) is 5.18. The van der Waals surface area contributed by atoms with Gasteiger partial charge in [-0.15, -0.1) is 0 Å². The maximum atomic E-state index is 10.6. The average Bonchev–Trinajstić information content (AvgIpc) is 2.19. The van der Waals surface area contributed by atoms with Crippen LogP contribution in [0.5, 0.6) is 5.75 Å². The molecule has 6 nitrogen and oxygen atoms in total. The third-order valence-electron chi connectivity index (χ3n) is 1.88. The number of phenolic OH excluding ortho intramolecular Hbond substituents is 1. The molecule has 1 atom stereocenters. The van der Waals surface area contributed by atoms with Crippen LogP contribution in [0.15, 0.2) is 16.6 Å². The Morgan fingerprint density at radius 1 is 1.60 bits per heavy atom. The summed E-state index contributed by atoms with van der Waals surface area (Å²) >= 11 is 3.06. The lowest BCUT2D eigenvalue weighted by Gasteiger charge is -2.11. The third kappa shape index (κ3) is 2.44. The van der Waals surface area contributed by atoms with Crippen LogP contribution in [0.2, 0.25) is 0 Å². The molecule has 1 aromatic carbocycles. The number of nitro groups is 1. The van der Waals surface area contributed by atoms with Crippen LogP contribution in [0.1, 0.15) is 11.6 Å². The topological polar surface area (TPSA) is 110 Å². The molecule has 4 N–H and O–H groups in total. The summed E-state index contributed by atoms with van der Waals surface area (Å²) < 4.78 is 0.422. The number of phenols is 1. The second-order valence-electron chi connectivity index (χ2n) is 2.91. The minimum Gasteiger partial charge on any atom is -0.502 e. The first-order valence-corrected chi connectivity index (χ1v) is 4.80. The van der Waals surface area contributed by atoms with Crippen LogP contribution in [0.4, 0.5) is 5.69 Å². The molecular weight excluding hydrogens is 268 g/mol. The highest BCUT2D eigenvalue weighted by atomic mass is 79.9. The van der Waals surface area contributed by atoms with Gasteiger partial charge in [0.25, 0.3) is 0 Å². The molecule has 0 aliphatic carbocycles. The second-order valence-corrected chi connectivity index (χ2v) is 3.82. The van der Waals surface area contributed by atoms with Gasteiger partial charge >= 0.3 is 5.69 Å². The highest BCUT2D eigenvalue weighted by molar-refractivity contribution is 9.10. The average molecular weight is 277 g/mol. The van der Waals surface area contributed by atoms with Gasteiger partial charge < -0.3 is 15.9 Å². The molecule has 0 fully saturated rings. The van der Waals surface area contributed by atoms with E-state index in [0.717, 1.165) is 0 Å². The molecule has 0 aromatic heterocycles. The Balaban J connectivity index is 3.34. The zero-order valence-corrected chi connectivity index (χ0v) is 9.14. The largest absolute Gasteiger partial charge is 0.502 e. The lowest BCUT2D eigenvalue weighted by Crippen LogP contribution is -2.15. The molecule has 0 spiro atoms. The predicted molar refractivity (Wildman–Crippen MR) is 56.5 cm³/mol. The molecule has 0 saturated heterocycles. The third-order valence-corrected chi connectivity index (χ3v) is 2.33. The van der Waals surface area contributed by atoms with Gasteiger partial charge in [0, 0.05) is 16.1 Å². The summed E-state index contributed by atoms with van der Waals surface area (Å²) in [5, 5.41) is 28.9. The van der Waals surface area contributed by atoms with E-state index in [1.807, 2.05) is 0 Å². The number of nitro benzene ring substituents is 1. The normalized spacial score (nSPS) is 12.5. The maximum absolute atomic E-state index is 10.6. The van der Waals surface area contributed by atoms with Gasteiger partial charge in [0.05, 0.1) is 17.6 Å². The summed E-state index contributed by atoms with van der Waals surface area (Å²) in [4.78, 5) is 9.84. The van der Waals surface area contributed by atoms with E-state index in [0.29, 0.717) is 4.47 Å². The monoisotopic (exact) mass is 276 g/mol. The van der Waals surface area contributed by atoms with Crippen molar-refractivity contribution in [1.82, 2.24) is 0 Å². The Morgan fingerprint density at radius 2 is 2.20 bits per heavy atom. The molecule has 0 radical (unpaired) electrons. The van der Waals surface area contributed by atoms with E-state index in [1.165, 1.54) is 12.1 Å². The van der Waals surface area contributed by atoms with Crippen LogP contribution in [0, 0.1) is 10.1 Å². The summed E-state index contributed by atoms with van der Waals surface area (Å²) in [5.74, 6) is -0.509. The minimum absolute atomic E-state index is 0.138. The van der Waals surface area contributed by atoms with E-state index >= 15 is 0 Å². The Kier molecular flexibility index (Phi) is 3.61. The number of benzene rings is 1. The highest BCUT2D eigenvalue weighted by Crippen LogP contribution is 2.35. The minimum atomic E-state index is -0.846. The van der Waals surface area contributed by atoms with Crippen molar-refractivity contribution >= 4 is 21.6 Å². The van der Waals surface area contributed by atoms with Crippen LogP contribution < -0.4 is 5.73 Å². The van der Waals surface area contributed by atoms with Crippen molar-refractivity contribution in [2.75, 3.05) is 6.61 Å². The van der Waals surface area contributed by atoms with E-state index < -0.39 is 29.0 Å². The Morgan fingerprint density at radius 3 is 2.67 bits per heavy atom. The Hall–Kier alpha value is -1.18. The summed E-state index contributed by atoms with van der Waals surface area (Å²) in [6.45, 7) is -0.402. The fourth-order valence-electron chi connectivity index (χ4n) is 1.13. The number of rotatable bonds is 3. The Labute approximate surface area is 93.6 Å². The molecule has 1 rings (SSSR count). The molecule has 15 heavy (non-hydrogen) atoms. The fourth-order valence-corrected chi connectivity index (χ4v) is 1.59. The fraction of sp³-hybridized carbons (Fsp3) is 0.250. The SMILES string of the molecule is N[C@H](CO)c1cc(Br)cc([N+](=O)[O-])c1O. The summed E-state index contributed by atoms with van der Waals surface area (Å²) in [6, 6.07) is 1.76. The van der Waals surface area contributed by atoms with Crippen molar-refractivity contribution in [1.29, 1.82) is 0 Å². The van der Waals surface area contributed by atoms with Gasteiger partial charge in [-0.25, -0.2) is 0 Å². The molecular formula is C8H9BrN2O4. The second kappa shape index (κ2) is 4.56. The standard InChI is InChI=1S/C8H9BrN2O4/c9-4-1-5(6(10)3-12)8(13)7(2-4)11(14)15/h1-2,6,12-13H,3,10H2/t6-/m1/s1. The van der Waals surface area contributed by atoms with Gasteiger partial charge in [-0.05, 0) is 6.07 Å². The first-order chi connectivity index (χ1) is 6.97. The smallest absolute Gasteiger partial charge is 0.312 e. The number of hydrogen-bond acceptors (Lipinski definition) is 5.